The molecule has 9 rings (SSSR count). The molecule has 7 nitrogen and oxygen atoms in total. The maximum atomic E-state index is 13.2. The minimum Gasteiger partial charge on any atom is -0.493 e. The van der Waals surface area contributed by atoms with Crippen molar-refractivity contribution in [1.82, 2.24) is 10.2 Å². The van der Waals surface area contributed by atoms with Gasteiger partial charge >= 0.3 is 0 Å². The molecule has 4 aliphatic carbocycles. The summed E-state index contributed by atoms with van der Waals surface area (Å²) in [6.45, 7) is 6.99. The van der Waals surface area contributed by atoms with Gasteiger partial charge in [-0.25, -0.2) is 0 Å². The fraction of sp³-hybridized carbons (Fsp3) is 0.537. The Morgan fingerprint density at radius 1 is 1.02 bits per heavy atom. The topological polar surface area (TPSA) is 86.0 Å². The van der Waals surface area contributed by atoms with Crippen LogP contribution >= 0.6 is 0 Å². The number of amides is 1. The maximum absolute atomic E-state index is 13.2. The number of methoxy groups -OCH3 is 2. The number of primary amides is 1. The van der Waals surface area contributed by atoms with E-state index in [1.165, 1.54) is 30.5 Å². The monoisotopic (exact) mass is 649 g/mol. The minimum atomic E-state index is -0.598. The average Bonchev–Trinajstić information content (AvgIpc) is 3.86. The highest BCUT2D eigenvalue weighted by molar-refractivity contribution is 5.80. The second-order valence-corrected chi connectivity index (χ2v) is 15.4. The lowest BCUT2D eigenvalue weighted by Crippen LogP contribution is -2.80. The Morgan fingerprint density at radius 3 is 2.42 bits per heavy atom. The van der Waals surface area contributed by atoms with Crippen molar-refractivity contribution >= 4 is 5.91 Å². The first-order valence-electron chi connectivity index (χ1n) is 18.1. The number of nitrogens with zero attached hydrogens (tertiary/aromatic N) is 1. The number of benzene rings is 3. The van der Waals surface area contributed by atoms with E-state index in [9.17, 15) is 4.79 Å². The van der Waals surface area contributed by atoms with E-state index in [0.29, 0.717) is 12.5 Å². The van der Waals surface area contributed by atoms with Gasteiger partial charge in [-0.15, -0.1) is 0 Å². The Kier molecular flexibility index (Phi) is 7.89. The van der Waals surface area contributed by atoms with Crippen molar-refractivity contribution in [1.29, 1.82) is 0 Å². The number of carbonyl (C=O) groups excluding carboxylic acids is 1. The SMILES string of the molecule is COc1ccc(C)c2c1O[C@H]1[C@@]3(OC)CC[C@@]4(C[C@@H]3C(N[C@H](Cc3ccccc3)C(N)=O)c3ccccc3)C(C)N(CC3CC3)CC[C@]214. The largest absolute Gasteiger partial charge is 0.493 e. The third kappa shape index (κ3) is 4.60. The third-order valence-corrected chi connectivity index (χ3v) is 13.5. The van der Waals surface area contributed by atoms with Crippen molar-refractivity contribution in [2.24, 2.45) is 23.0 Å². The second-order valence-electron chi connectivity index (χ2n) is 15.4. The Hall–Kier alpha value is -3.39. The van der Waals surface area contributed by atoms with Gasteiger partial charge < -0.3 is 19.9 Å². The quantitative estimate of drug-likeness (QED) is 0.261. The van der Waals surface area contributed by atoms with Gasteiger partial charge in [0.25, 0.3) is 0 Å². The molecule has 2 bridgehead atoms. The van der Waals surface area contributed by atoms with Crippen LogP contribution in [0, 0.1) is 24.2 Å². The van der Waals surface area contributed by atoms with Gasteiger partial charge in [-0.3, -0.25) is 15.0 Å². The molecule has 4 saturated carbocycles. The number of hydrogen-bond donors (Lipinski definition) is 2. The molecule has 5 fully saturated rings. The lowest BCUT2D eigenvalue weighted by atomic mass is 9.36. The smallest absolute Gasteiger partial charge is 0.234 e. The van der Waals surface area contributed by atoms with Crippen molar-refractivity contribution in [2.75, 3.05) is 27.3 Å². The summed E-state index contributed by atoms with van der Waals surface area (Å²) < 4.78 is 20.3. The molecule has 7 heteroatoms. The number of ether oxygens (including phenoxy) is 3. The van der Waals surface area contributed by atoms with Crippen LogP contribution in [0.3, 0.4) is 0 Å². The molecule has 3 N–H and O–H groups in total. The van der Waals surface area contributed by atoms with Crippen molar-refractivity contribution in [3.8, 4) is 11.5 Å². The van der Waals surface area contributed by atoms with Crippen LogP contribution in [0.15, 0.2) is 72.8 Å². The predicted molar refractivity (Wildman–Crippen MR) is 187 cm³/mol. The highest BCUT2D eigenvalue weighted by Crippen LogP contribution is 2.75. The summed E-state index contributed by atoms with van der Waals surface area (Å²) >= 11 is 0. The van der Waals surface area contributed by atoms with Crippen LogP contribution in [0.25, 0.3) is 0 Å². The fourth-order valence-corrected chi connectivity index (χ4v) is 11.0. The zero-order valence-corrected chi connectivity index (χ0v) is 28.9. The molecule has 1 amide bonds. The van der Waals surface area contributed by atoms with E-state index in [0.717, 1.165) is 60.8 Å². The molecule has 48 heavy (non-hydrogen) atoms. The summed E-state index contributed by atoms with van der Waals surface area (Å²) in [6, 6.07) is 24.7. The van der Waals surface area contributed by atoms with Gasteiger partial charge in [-0.05, 0) is 99.4 Å². The van der Waals surface area contributed by atoms with Crippen LogP contribution < -0.4 is 20.5 Å². The zero-order valence-electron chi connectivity index (χ0n) is 28.9. The number of piperidine rings is 1. The lowest BCUT2D eigenvalue weighted by molar-refractivity contribution is -0.278. The first-order valence-corrected chi connectivity index (χ1v) is 18.1. The normalized spacial score (nSPS) is 33.2. The molecule has 3 aromatic carbocycles. The van der Waals surface area contributed by atoms with Gasteiger partial charge in [-0.2, -0.15) is 0 Å². The zero-order chi connectivity index (χ0) is 33.3. The fourth-order valence-electron chi connectivity index (χ4n) is 11.0. The maximum Gasteiger partial charge on any atom is 0.234 e. The van der Waals surface area contributed by atoms with Crippen molar-refractivity contribution in [2.45, 2.75) is 94.0 Å². The molecule has 1 saturated heterocycles. The van der Waals surface area contributed by atoms with Crippen LogP contribution in [0.2, 0.25) is 0 Å². The van der Waals surface area contributed by atoms with E-state index in [1.54, 1.807) is 7.11 Å². The van der Waals surface area contributed by atoms with E-state index < -0.39 is 11.6 Å². The molecule has 6 aliphatic rings. The molecule has 3 aromatic rings. The summed E-state index contributed by atoms with van der Waals surface area (Å²) in [5, 5.41) is 3.88. The van der Waals surface area contributed by atoms with Crippen molar-refractivity contribution in [3.05, 3.63) is 95.1 Å². The summed E-state index contributed by atoms with van der Waals surface area (Å²) in [5.74, 6) is 2.21. The molecular formula is C41H51N3O4. The number of hydrogen-bond acceptors (Lipinski definition) is 6. The van der Waals surface area contributed by atoms with Gasteiger partial charge in [-0.1, -0.05) is 66.7 Å². The summed E-state index contributed by atoms with van der Waals surface area (Å²) in [6.07, 6.45) is 6.98. The van der Waals surface area contributed by atoms with Crippen LogP contribution in [0.5, 0.6) is 11.5 Å². The lowest BCUT2D eigenvalue weighted by Gasteiger charge is -2.73. The summed E-state index contributed by atoms with van der Waals surface area (Å²) in [7, 11) is 3.64. The number of rotatable bonds is 11. The number of fused-ring (bicyclic) bond motifs is 3. The summed E-state index contributed by atoms with van der Waals surface area (Å²) in [5.41, 5.74) is 10.2. The van der Waals surface area contributed by atoms with Crippen molar-refractivity contribution in [3.63, 3.8) is 0 Å². The third-order valence-electron chi connectivity index (χ3n) is 13.5. The summed E-state index contributed by atoms with van der Waals surface area (Å²) in [4.78, 5) is 16.0. The molecule has 0 radical (unpaired) electrons. The van der Waals surface area contributed by atoms with E-state index in [4.69, 9.17) is 19.9 Å². The van der Waals surface area contributed by atoms with Crippen LogP contribution in [-0.4, -0.2) is 61.9 Å². The Bertz CT molecular complexity index is 1660. The molecule has 2 spiro atoms. The molecule has 2 aliphatic heterocycles. The Balaban J connectivity index is 1.29. The second kappa shape index (κ2) is 11.9. The molecular weight excluding hydrogens is 598 g/mol. The van der Waals surface area contributed by atoms with E-state index in [1.807, 2.05) is 25.3 Å². The first-order chi connectivity index (χ1) is 23.3. The van der Waals surface area contributed by atoms with Gasteiger partial charge in [0, 0.05) is 42.6 Å². The van der Waals surface area contributed by atoms with Gasteiger partial charge in [0.05, 0.1) is 13.2 Å². The standard InChI is InChI=1S/C41H51N3O4/c1-26-15-18-33(46-3)36-34(26)40-21-22-44(25-29-16-17-29)27(2)39(40)19-20-41(47-4,38(40)48-36)31(24-39)35(30-13-9-6-10-14-30)43-32(37(42)45)23-28-11-7-5-8-12-28/h5-15,18,27,29,31-32,35,38,43H,16-17,19-25H2,1-4H3,(H2,42,45)/t27?,31-,32-,35?,38-,39-,40+,41-/m1/s1. The van der Waals surface area contributed by atoms with Gasteiger partial charge in [0.1, 0.15) is 11.7 Å². The molecule has 2 unspecified atom stereocenters. The molecule has 254 valence electrons. The van der Waals surface area contributed by atoms with Crippen molar-refractivity contribution < 1.29 is 19.0 Å². The highest BCUT2D eigenvalue weighted by atomic mass is 16.6. The van der Waals surface area contributed by atoms with Crippen LogP contribution in [-0.2, 0) is 21.4 Å². The molecule has 2 heterocycles. The average molecular weight is 650 g/mol. The predicted octanol–water partition coefficient (Wildman–Crippen LogP) is 6.12. The van der Waals surface area contributed by atoms with Crippen LogP contribution in [0.1, 0.15) is 73.7 Å². The van der Waals surface area contributed by atoms with E-state index >= 15 is 0 Å². The van der Waals surface area contributed by atoms with E-state index in [2.05, 4.69) is 78.7 Å². The van der Waals surface area contributed by atoms with Gasteiger partial charge in [0.2, 0.25) is 5.91 Å². The number of aryl methyl sites for hydroxylation is 1. The Labute approximate surface area is 285 Å². The molecule has 0 aromatic heterocycles. The van der Waals surface area contributed by atoms with Gasteiger partial charge in [0.15, 0.2) is 11.5 Å². The number of likely N-dealkylation sites (tertiary alicyclic amines) is 1. The first kappa shape index (κ1) is 31.9. The minimum absolute atomic E-state index is 0.0262. The highest BCUT2D eigenvalue weighted by Gasteiger charge is 2.79. The van der Waals surface area contributed by atoms with E-state index in [-0.39, 0.29) is 34.8 Å². The number of nitrogens with one attached hydrogen (secondary N) is 1. The number of nitrogens with two attached hydrogens (primary N) is 1. The van der Waals surface area contributed by atoms with Crippen LogP contribution in [0.4, 0.5) is 0 Å². The Morgan fingerprint density at radius 2 is 1.75 bits per heavy atom. The number of carbonyl (C=O) groups is 1. The molecule has 8 atom stereocenters.